The van der Waals surface area contributed by atoms with Gasteiger partial charge < -0.3 is 14.8 Å². The molecule has 0 spiro atoms. The molecular weight excluding hydrogens is 388 g/mol. The fourth-order valence-electron chi connectivity index (χ4n) is 5.06. The van der Waals surface area contributed by atoms with Gasteiger partial charge >= 0.3 is 0 Å². The maximum Gasteiger partial charge on any atom is 0.174 e. The third-order valence-corrected chi connectivity index (χ3v) is 6.78. The van der Waals surface area contributed by atoms with Crippen molar-refractivity contribution in [1.82, 2.24) is 14.9 Å². The van der Waals surface area contributed by atoms with Gasteiger partial charge in [0.15, 0.2) is 5.11 Å². The Morgan fingerprint density at radius 3 is 2.63 bits per heavy atom. The van der Waals surface area contributed by atoms with Gasteiger partial charge in [0.2, 0.25) is 0 Å². The molecule has 2 aromatic heterocycles. The molecule has 3 aromatic rings. The van der Waals surface area contributed by atoms with E-state index in [2.05, 4.69) is 81.4 Å². The van der Waals surface area contributed by atoms with Gasteiger partial charge in [0.1, 0.15) is 6.04 Å². The Bertz CT molecular complexity index is 1020. The lowest BCUT2D eigenvalue weighted by Crippen LogP contribution is -2.31. The molecule has 2 aliphatic rings. The fourth-order valence-corrected chi connectivity index (χ4v) is 5.41. The number of anilines is 1. The van der Waals surface area contributed by atoms with E-state index in [0.717, 1.165) is 16.5 Å². The second kappa shape index (κ2) is 8.23. The standard InChI is InChI=1S/C25H28N4S/c1-18-9-7-12-20(17-18)29-24(23(27-25(29)30)21-13-5-6-15-26-21)22-14-8-16-28(22)19-10-3-2-4-11-19/h5-9,12-17,19,23-24H,2-4,10-11H2,1H3,(H,27,30). The van der Waals surface area contributed by atoms with Crippen molar-refractivity contribution in [3.8, 4) is 0 Å². The minimum Gasteiger partial charge on any atom is -0.351 e. The minimum absolute atomic E-state index is 0.0106. The molecule has 1 saturated carbocycles. The summed E-state index contributed by atoms with van der Waals surface area (Å²) in [6, 6.07) is 19.8. The van der Waals surface area contributed by atoms with Crippen LogP contribution in [0.3, 0.4) is 0 Å². The zero-order chi connectivity index (χ0) is 20.5. The Kier molecular flexibility index (Phi) is 5.30. The van der Waals surface area contributed by atoms with Crippen LogP contribution in [0.5, 0.6) is 0 Å². The lowest BCUT2D eigenvalue weighted by atomic mass is 9.94. The molecular formula is C25H28N4S. The smallest absolute Gasteiger partial charge is 0.174 e. The summed E-state index contributed by atoms with van der Waals surface area (Å²) < 4.78 is 2.51. The van der Waals surface area contributed by atoms with Crippen molar-refractivity contribution in [2.45, 2.75) is 57.2 Å². The molecule has 1 aliphatic carbocycles. The van der Waals surface area contributed by atoms with Crippen LogP contribution in [-0.4, -0.2) is 14.7 Å². The van der Waals surface area contributed by atoms with Gasteiger partial charge in [-0.1, -0.05) is 37.5 Å². The molecule has 1 aromatic carbocycles. The number of rotatable bonds is 4. The number of hydrogen-bond acceptors (Lipinski definition) is 2. The highest BCUT2D eigenvalue weighted by Gasteiger charge is 2.42. The molecule has 5 heteroatoms. The predicted octanol–water partition coefficient (Wildman–Crippen LogP) is 5.87. The van der Waals surface area contributed by atoms with Crippen LogP contribution in [0.15, 0.2) is 67.0 Å². The highest BCUT2D eigenvalue weighted by atomic mass is 32.1. The molecule has 5 rings (SSSR count). The van der Waals surface area contributed by atoms with Gasteiger partial charge in [0.25, 0.3) is 0 Å². The average Bonchev–Trinajstić information content (AvgIpc) is 3.39. The molecule has 1 N–H and O–H groups in total. The third-order valence-electron chi connectivity index (χ3n) is 6.46. The zero-order valence-electron chi connectivity index (χ0n) is 17.4. The highest BCUT2D eigenvalue weighted by molar-refractivity contribution is 7.80. The number of benzene rings is 1. The van der Waals surface area contributed by atoms with Gasteiger partial charge in [-0.3, -0.25) is 4.98 Å². The molecule has 30 heavy (non-hydrogen) atoms. The van der Waals surface area contributed by atoms with Crippen LogP contribution < -0.4 is 10.2 Å². The lowest BCUT2D eigenvalue weighted by Gasteiger charge is -2.32. The van der Waals surface area contributed by atoms with Gasteiger partial charge in [0, 0.05) is 29.8 Å². The first-order chi connectivity index (χ1) is 14.7. The summed E-state index contributed by atoms with van der Waals surface area (Å²) in [5, 5.41) is 4.35. The summed E-state index contributed by atoms with van der Waals surface area (Å²) in [6.07, 6.45) is 10.6. The van der Waals surface area contributed by atoms with Gasteiger partial charge in [-0.25, -0.2) is 0 Å². The van der Waals surface area contributed by atoms with Gasteiger partial charge in [0.05, 0.1) is 11.7 Å². The molecule has 0 amide bonds. The number of aromatic nitrogens is 2. The highest BCUT2D eigenvalue weighted by Crippen LogP contribution is 2.43. The van der Waals surface area contributed by atoms with Crippen molar-refractivity contribution in [2.75, 3.05) is 4.90 Å². The normalized spacial score (nSPS) is 22.3. The molecule has 3 heterocycles. The Hall–Kier alpha value is -2.66. The summed E-state index contributed by atoms with van der Waals surface area (Å²) in [5.74, 6) is 0. The van der Waals surface area contributed by atoms with Crippen molar-refractivity contribution < 1.29 is 0 Å². The predicted molar refractivity (Wildman–Crippen MR) is 126 cm³/mol. The van der Waals surface area contributed by atoms with Crippen molar-refractivity contribution in [3.05, 3.63) is 83.9 Å². The molecule has 2 atom stereocenters. The maximum atomic E-state index is 5.87. The van der Waals surface area contributed by atoms with E-state index in [1.54, 1.807) is 0 Å². The second-order valence-corrected chi connectivity index (χ2v) is 8.85. The van der Waals surface area contributed by atoms with Crippen LogP contribution in [-0.2, 0) is 0 Å². The fraction of sp³-hybridized carbons (Fsp3) is 0.360. The van der Waals surface area contributed by atoms with Crippen LogP contribution in [0.25, 0.3) is 0 Å². The second-order valence-electron chi connectivity index (χ2n) is 8.47. The molecule has 2 unspecified atom stereocenters. The van der Waals surface area contributed by atoms with E-state index in [9.17, 15) is 0 Å². The SMILES string of the molecule is Cc1cccc(N2C(=S)NC(c3ccccn3)C2c2cccn2C2CCCCC2)c1. The monoisotopic (exact) mass is 416 g/mol. The van der Waals surface area contributed by atoms with Crippen LogP contribution in [0.4, 0.5) is 5.69 Å². The summed E-state index contributed by atoms with van der Waals surface area (Å²) in [6.45, 7) is 2.13. The molecule has 4 nitrogen and oxygen atoms in total. The number of nitrogens with zero attached hydrogens (tertiary/aromatic N) is 3. The van der Waals surface area contributed by atoms with E-state index < -0.39 is 0 Å². The Balaban J connectivity index is 1.62. The molecule has 0 radical (unpaired) electrons. The molecule has 0 bridgehead atoms. The summed E-state index contributed by atoms with van der Waals surface area (Å²) in [7, 11) is 0. The third kappa shape index (κ3) is 3.52. The van der Waals surface area contributed by atoms with Crippen molar-refractivity contribution in [3.63, 3.8) is 0 Å². The minimum atomic E-state index is 0.0106. The Morgan fingerprint density at radius 1 is 1.00 bits per heavy atom. The zero-order valence-corrected chi connectivity index (χ0v) is 18.2. The van der Waals surface area contributed by atoms with Crippen LogP contribution in [0.1, 0.15) is 67.2 Å². The summed E-state index contributed by atoms with van der Waals surface area (Å²) >= 11 is 5.87. The number of thiocarbonyl (C=S) groups is 1. The van der Waals surface area contributed by atoms with Crippen molar-refractivity contribution >= 4 is 23.0 Å². The number of pyridine rings is 1. The molecule has 2 fully saturated rings. The number of aryl methyl sites for hydroxylation is 1. The van der Waals surface area contributed by atoms with Crippen LogP contribution >= 0.6 is 12.2 Å². The molecule has 1 saturated heterocycles. The molecule has 154 valence electrons. The van der Waals surface area contributed by atoms with Crippen molar-refractivity contribution in [1.29, 1.82) is 0 Å². The summed E-state index contributed by atoms with van der Waals surface area (Å²) in [4.78, 5) is 6.97. The van der Waals surface area contributed by atoms with Crippen LogP contribution in [0, 0.1) is 6.92 Å². The van der Waals surface area contributed by atoms with E-state index in [0.29, 0.717) is 6.04 Å². The first-order valence-corrected chi connectivity index (χ1v) is 11.4. The van der Waals surface area contributed by atoms with E-state index in [1.807, 2.05) is 12.3 Å². The van der Waals surface area contributed by atoms with Crippen LogP contribution in [0.2, 0.25) is 0 Å². The quantitative estimate of drug-likeness (QED) is 0.539. The first kappa shape index (κ1) is 19.3. The number of hydrogen-bond donors (Lipinski definition) is 1. The Labute approximate surface area is 183 Å². The van der Waals surface area contributed by atoms with E-state index in [1.165, 1.54) is 43.4 Å². The summed E-state index contributed by atoms with van der Waals surface area (Å²) in [5.41, 5.74) is 4.70. The van der Waals surface area contributed by atoms with E-state index >= 15 is 0 Å². The number of nitrogens with one attached hydrogen (secondary N) is 1. The maximum absolute atomic E-state index is 5.87. The lowest BCUT2D eigenvalue weighted by molar-refractivity contribution is 0.340. The van der Waals surface area contributed by atoms with E-state index in [-0.39, 0.29) is 12.1 Å². The molecule has 1 aliphatic heterocycles. The first-order valence-electron chi connectivity index (χ1n) is 11.0. The van der Waals surface area contributed by atoms with Crippen molar-refractivity contribution in [2.24, 2.45) is 0 Å². The van der Waals surface area contributed by atoms with Gasteiger partial charge in [-0.05, 0) is 73.9 Å². The largest absolute Gasteiger partial charge is 0.351 e. The van der Waals surface area contributed by atoms with Gasteiger partial charge in [-0.15, -0.1) is 0 Å². The average molecular weight is 417 g/mol. The Morgan fingerprint density at radius 2 is 1.87 bits per heavy atom. The topological polar surface area (TPSA) is 33.1 Å². The van der Waals surface area contributed by atoms with E-state index in [4.69, 9.17) is 12.2 Å². The van der Waals surface area contributed by atoms with Gasteiger partial charge in [-0.2, -0.15) is 0 Å².